The molecular formula is C17H26N2O3. The standard InChI is InChI=1S/C17H26N2O3/c1-19(12-13-22-14-15-6-4-3-5-7-15)16(20)17(21-2)8-10-18-11-9-17/h3-7,18H,8-14H2,1-2H3. The van der Waals surface area contributed by atoms with E-state index in [1.165, 1.54) is 0 Å². The lowest BCUT2D eigenvalue weighted by molar-refractivity contribution is -0.157. The number of hydrogen-bond acceptors (Lipinski definition) is 4. The predicted molar refractivity (Wildman–Crippen MR) is 85.6 cm³/mol. The highest BCUT2D eigenvalue weighted by Crippen LogP contribution is 2.24. The summed E-state index contributed by atoms with van der Waals surface area (Å²) in [6.45, 7) is 3.30. The highest BCUT2D eigenvalue weighted by molar-refractivity contribution is 5.85. The molecular weight excluding hydrogens is 280 g/mol. The van der Waals surface area contributed by atoms with E-state index in [-0.39, 0.29) is 5.91 Å². The molecule has 0 aliphatic carbocycles. The minimum Gasteiger partial charge on any atom is -0.375 e. The Hall–Kier alpha value is -1.43. The van der Waals surface area contributed by atoms with E-state index >= 15 is 0 Å². The third-order valence-corrected chi connectivity index (χ3v) is 4.22. The summed E-state index contributed by atoms with van der Waals surface area (Å²) in [6, 6.07) is 10.0. The lowest BCUT2D eigenvalue weighted by atomic mass is 9.90. The van der Waals surface area contributed by atoms with Crippen molar-refractivity contribution in [1.29, 1.82) is 0 Å². The second kappa shape index (κ2) is 8.27. The molecule has 1 saturated heterocycles. The van der Waals surface area contributed by atoms with Gasteiger partial charge in [0, 0.05) is 20.7 Å². The summed E-state index contributed by atoms with van der Waals surface area (Å²) in [5, 5.41) is 3.26. The second-order valence-electron chi connectivity index (χ2n) is 5.71. The summed E-state index contributed by atoms with van der Waals surface area (Å²) in [5.74, 6) is 0.0554. The van der Waals surface area contributed by atoms with Gasteiger partial charge in [0.1, 0.15) is 5.60 Å². The van der Waals surface area contributed by atoms with Crippen LogP contribution in [0.2, 0.25) is 0 Å². The Bertz CT molecular complexity index is 458. The van der Waals surface area contributed by atoms with Crippen LogP contribution in [0.25, 0.3) is 0 Å². The molecule has 0 aromatic heterocycles. The molecule has 0 spiro atoms. The number of carbonyl (C=O) groups is 1. The minimum absolute atomic E-state index is 0.0554. The highest BCUT2D eigenvalue weighted by Gasteiger charge is 2.41. The number of benzene rings is 1. The number of hydrogen-bond donors (Lipinski definition) is 1. The van der Waals surface area contributed by atoms with E-state index in [1.807, 2.05) is 37.4 Å². The van der Waals surface area contributed by atoms with Gasteiger partial charge < -0.3 is 19.7 Å². The summed E-state index contributed by atoms with van der Waals surface area (Å²) in [7, 11) is 3.44. The average molecular weight is 306 g/mol. The Balaban J connectivity index is 1.76. The smallest absolute Gasteiger partial charge is 0.254 e. The number of likely N-dealkylation sites (N-methyl/N-ethyl adjacent to an activating group) is 1. The van der Waals surface area contributed by atoms with Crippen LogP contribution in [0.3, 0.4) is 0 Å². The van der Waals surface area contributed by atoms with Gasteiger partial charge in [-0.25, -0.2) is 0 Å². The van der Waals surface area contributed by atoms with E-state index in [9.17, 15) is 4.79 Å². The van der Waals surface area contributed by atoms with Crippen LogP contribution in [0.1, 0.15) is 18.4 Å². The third kappa shape index (κ3) is 4.29. The van der Waals surface area contributed by atoms with Gasteiger partial charge in [-0.1, -0.05) is 30.3 Å². The van der Waals surface area contributed by atoms with Crippen LogP contribution in [0, 0.1) is 0 Å². The number of nitrogens with one attached hydrogen (secondary N) is 1. The number of piperidine rings is 1. The summed E-state index contributed by atoms with van der Waals surface area (Å²) < 4.78 is 11.2. The molecule has 1 aromatic rings. The van der Waals surface area contributed by atoms with Gasteiger partial charge in [-0.3, -0.25) is 4.79 Å². The molecule has 5 heteroatoms. The monoisotopic (exact) mass is 306 g/mol. The molecule has 1 heterocycles. The van der Waals surface area contributed by atoms with Crippen LogP contribution < -0.4 is 5.32 Å². The van der Waals surface area contributed by atoms with Crippen molar-refractivity contribution < 1.29 is 14.3 Å². The summed E-state index contributed by atoms with van der Waals surface area (Å²) >= 11 is 0. The molecule has 0 radical (unpaired) electrons. The Labute approximate surface area is 132 Å². The van der Waals surface area contributed by atoms with Crippen molar-refractivity contribution in [1.82, 2.24) is 10.2 Å². The molecule has 1 N–H and O–H groups in total. The zero-order valence-electron chi connectivity index (χ0n) is 13.5. The van der Waals surface area contributed by atoms with E-state index in [0.717, 1.165) is 31.5 Å². The number of methoxy groups -OCH3 is 1. The van der Waals surface area contributed by atoms with Gasteiger partial charge in [0.15, 0.2) is 0 Å². The Morgan fingerprint density at radius 1 is 1.27 bits per heavy atom. The highest BCUT2D eigenvalue weighted by atomic mass is 16.5. The van der Waals surface area contributed by atoms with Crippen LogP contribution >= 0.6 is 0 Å². The van der Waals surface area contributed by atoms with Gasteiger partial charge in [-0.15, -0.1) is 0 Å². The molecule has 0 unspecified atom stereocenters. The first-order valence-corrected chi connectivity index (χ1v) is 7.81. The van der Waals surface area contributed by atoms with Crippen molar-refractivity contribution >= 4 is 5.91 Å². The van der Waals surface area contributed by atoms with Gasteiger partial charge >= 0.3 is 0 Å². The minimum atomic E-state index is -0.667. The fourth-order valence-corrected chi connectivity index (χ4v) is 2.75. The van der Waals surface area contributed by atoms with E-state index in [1.54, 1.807) is 12.0 Å². The topological polar surface area (TPSA) is 50.8 Å². The largest absolute Gasteiger partial charge is 0.375 e. The number of nitrogens with zero attached hydrogens (tertiary/aromatic N) is 1. The quantitative estimate of drug-likeness (QED) is 0.774. The molecule has 2 rings (SSSR count). The molecule has 122 valence electrons. The zero-order valence-corrected chi connectivity index (χ0v) is 13.5. The Kier molecular flexibility index (Phi) is 6.36. The SMILES string of the molecule is COC1(C(=O)N(C)CCOCc2ccccc2)CCNCC1. The molecule has 22 heavy (non-hydrogen) atoms. The molecule has 0 atom stereocenters. The van der Waals surface area contributed by atoms with Crippen molar-refractivity contribution in [2.75, 3.05) is 40.4 Å². The molecule has 1 fully saturated rings. The maximum absolute atomic E-state index is 12.6. The van der Waals surface area contributed by atoms with E-state index in [4.69, 9.17) is 9.47 Å². The van der Waals surface area contributed by atoms with Crippen molar-refractivity contribution in [3.05, 3.63) is 35.9 Å². The van der Waals surface area contributed by atoms with E-state index in [2.05, 4.69) is 5.32 Å². The summed E-state index contributed by atoms with van der Waals surface area (Å²) in [4.78, 5) is 14.4. The van der Waals surface area contributed by atoms with Crippen LogP contribution in [0.4, 0.5) is 0 Å². The number of amides is 1. The van der Waals surface area contributed by atoms with Crippen LogP contribution in [-0.2, 0) is 20.9 Å². The maximum atomic E-state index is 12.6. The summed E-state index contributed by atoms with van der Waals surface area (Å²) in [6.07, 6.45) is 1.44. The molecule has 1 aliphatic heterocycles. The van der Waals surface area contributed by atoms with Gasteiger partial charge in [0.05, 0.1) is 13.2 Å². The molecule has 5 nitrogen and oxygen atoms in total. The van der Waals surface area contributed by atoms with Crippen molar-refractivity contribution in [3.63, 3.8) is 0 Å². The fraction of sp³-hybridized carbons (Fsp3) is 0.588. The van der Waals surface area contributed by atoms with Crippen molar-refractivity contribution in [3.8, 4) is 0 Å². The Morgan fingerprint density at radius 2 is 1.95 bits per heavy atom. The Morgan fingerprint density at radius 3 is 2.59 bits per heavy atom. The molecule has 1 amide bonds. The number of rotatable bonds is 7. The van der Waals surface area contributed by atoms with Crippen molar-refractivity contribution in [2.45, 2.75) is 25.0 Å². The third-order valence-electron chi connectivity index (χ3n) is 4.22. The van der Waals surface area contributed by atoms with Crippen LogP contribution in [-0.4, -0.2) is 56.8 Å². The van der Waals surface area contributed by atoms with E-state index < -0.39 is 5.60 Å². The molecule has 0 bridgehead atoms. The fourth-order valence-electron chi connectivity index (χ4n) is 2.75. The molecule has 1 aromatic carbocycles. The second-order valence-corrected chi connectivity index (χ2v) is 5.71. The lowest BCUT2D eigenvalue weighted by Crippen LogP contribution is -2.54. The summed E-state index contributed by atoms with van der Waals surface area (Å²) in [5.41, 5.74) is 0.475. The number of ether oxygens (including phenoxy) is 2. The first kappa shape index (κ1) is 16.9. The first-order valence-electron chi connectivity index (χ1n) is 7.81. The first-order chi connectivity index (χ1) is 10.7. The average Bonchev–Trinajstić information content (AvgIpc) is 2.59. The van der Waals surface area contributed by atoms with Crippen LogP contribution in [0.15, 0.2) is 30.3 Å². The van der Waals surface area contributed by atoms with Gasteiger partial charge in [-0.05, 0) is 31.5 Å². The van der Waals surface area contributed by atoms with E-state index in [0.29, 0.717) is 19.8 Å². The zero-order chi connectivity index (χ0) is 15.8. The van der Waals surface area contributed by atoms with Crippen LogP contribution in [0.5, 0.6) is 0 Å². The lowest BCUT2D eigenvalue weighted by Gasteiger charge is -2.37. The van der Waals surface area contributed by atoms with Gasteiger partial charge in [0.2, 0.25) is 0 Å². The maximum Gasteiger partial charge on any atom is 0.254 e. The van der Waals surface area contributed by atoms with Gasteiger partial charge in [0.25, 0.3) is 5.91 Å². The molecule has 1 aliphatic rings. The number of carbonyl (C=O) groups excluding carboxylic acids is 1. The molecule has 0 saturated carbocycles. The van der Waals surface area contributed by atoms with Crippen molar-refractivity contribution in [2.24, 2.45) is 0 Å². The normalized spacial score (nSPS) is 17.2. The van der Waals surface area contributed by atoms with Gasteiger partial charge in [-0.2, -0.15) is 0 Å². The predicted octanol–water partition coefficient (Wildman–Crippen LogP) is 1.43.